The van der Waals surface area contributed by atoms with Crippen LogP contribution < -0.4 is 0 Å². The van der Waals surface area contributed by atoms with Gasteiger partial charge in [-0.2, -0.15) is 0 Å². The lowest BCUT2D eigenvalue weighted by molar-refractivity contribution is -0.532. The molecule has 1 spiro atoms. The van der Waals surface area contributed by atoms with Gasteiger partial charge in [-0.1, -0.05) is 36.9 Å². The van der Waals surface area contributed by atoms with Crippen LogP contribution in [0.1, 0.15) is 31.7 Å². The van der Waals surface area contributed by atoms with E-state index in [1.807, 2.05) is 0 Å². The smallest absolute Gasteiger partial charge is 0.170 e. The number of ether oxygens (including phenoxy) is 2. The van der Waals surface area contributed by atoms with Gasteiger partial charge in [0.15, 0.2) is 24.6 Å². The Kier molecular flexibility index (Phi) is 3.24. The van der Waals surface area contributed by atoms with E-state index in [-0.39, 0.29) is 11.2 Å². The molecule has 0 N–H and O–H groups in total. The van der Waals surface area contributed by atoms with Gasteiger partial charge in [0.1, 0.15) is 0 Å². The fourth-order valence-electron chi connectivity index (χ4n) is 4.35. The minimum absolute atomic E-state index is 0.0252. The van der Waals surface area contributed by atoms with Gasteiger partial charge in [-0.05, 0) is 6.92 Å². The van der Waals surface area contributed by atoms with Gasteiger partial charge in [-0.25, -0.2) is 4.58 Å². The molecule has 1 unspecified atom stereocenters. The lowest BCUT2D eigenvalue weighted by Crippen LogP contribution is -2.46. The molecule has 2 heterocycles. The predicted molar refractivity (Wildman–Crippen MR) is 86.0 cm³/mol. The van der Waals surface area contributed by atoms with E-state index in [0.29, 0.717) is 0 Å². The van der Waals surface area contributed by atoms with Crippen LogP contribution in [0.3, 0.4) is 0 Å². The molecule has 1 aromatic rings. The van der Waals surface area contributed by atoms with Crippen molar-refractivity contribution >= 4 is 5.71 Å². The Balaban J connectivity index is 1.64. The summed E-state index contributed by atoms with van der Waals surface area (Å²) in [4.78, 5) is 0. The van der Waals surface area contributed by atoms with E-state index in [4.69, 9.17) is 9.47 Å². The van der Waals surface area contributed by atoms with Gasteiger partial charge in [-0.3, -0.25) is 0 Å². The highest BCUT2D eigenvalue weighted by Crippen LogP contribution is 2.49. The van der Waals surface area contributed by atoms with Crippen LogP contribution in [0.25, 0.3) is 0 Å². The first-order valence-corrected chi connectivity index (χ1v) is 8.23. The summed E-state index contributed by atoms with van der Waals surface area (Å²) in [6.45, 7) is 10.1. The Labute approximate surface area is 132 Å². The average molecular weight is 298 g/mol. The van der Waals surface area contributed by atoms with Crippen LogP contribution in [-0.2, 0) is 16.0 Å². The Bertz CT molecular complexity index is 628. The van der Waals surface area contributed by atoms with Crippen LogP contribution in [0.4, 0.5) is 0 Å². The van der Waals surface area contributed by atoms with Crippen molar-refractivity contribution in [3.05, 3.63) is 48.0 Å². The minimum atomic E-state index is -0.357. The van der Waals surface area contributed by atoms with Gasteiger partial charge >= 0.3 is 0 Å². The molecule has 0 bridgehead atoms. The van der Waals surface area contributed by atoms with Gasteiger partial charge in [0, 0.05) is 30.4 Å². The molecule has 3 aliphatic rings. The van der Waals surface area contributed by atoms with Crippen LogP contribution in [0.15, 0.2) is 42.5 Å². The summed E-state index contributed by atoms with van der Waals surface area (Å²) in [5, 5.41) is 0. The number of benzene rings is 1. The van der Waals surface area contributed by atoms with Crippen LogP contribution in [0, 0.1) is 5.41 Å². The molecule has 3 heteroatoms. The molecule has 0 aromatic heterocycles. The first-order chi connectivity index (χ1) is 10.6. The number of hydrogen-bond acceptors (Lipinski definition) is 2. The van der Waals surface area contributed by atoms with Crippen LogP contribution in [0.5, 0.6) is 0 Å². The second kappa shape index (κ2) is 5.04. The van der Waals surface area contributed by atoms with Crippen molar-refractivity contribution in [3.63, 3.8) is 0 Å². The van der Waals surface area contributed by atoms with Gasteiger partial charge in [0.25, 0.3) is 0 Å². The maximum absolute atomic E-state index is 5.96. The summed E-state index contributed by atoms with van der Waals surface area (Å²) in [5.74, 6) is -0.357. The molecule has 1 saturated carbocycles. The topological polar surface area (TPSA) is 21.5 Å². The van der Waals surface area contributed by atoms with E-state index in [0.717, 1.165) is 45.6 Å². The first kappa shape index (κ1) is 14.2. The molecule has 2 fully saturated rings. The Morgan fingerprint density at radius 3 is 2.64 bits per heavy atom. The molecule has 22 heavy (non-hydrogen) atoms. The number of nitrogens with zero attached hydrogens (tertiary/aromatic N) is 1. The molecule has 0 radical (unpaired) electrons. The molecule has 1 aromatic carbocycles. The molecular formula is C19H24NO2+. The van der Waals surface area contributed by atoms with Crippen molar-refractivity contribution in [2.24, 2.45) is 5.41 Å². The van der Waals surface area contributed by atoms with Crippen molar-refractivity contribution in [3.8, 4) is 0 Å². The van der Waals surface area contributed by atoms with Crippen molar-refractivity contribution in [2.75, 3.05) is 19.8 Å². The molecule has 116 valence electrons. The summed E-state index contributed by atoms with van der Waals surface area (Å²) >= 11 is 0. The summed E-state index contributed by atoms with van der Waals surface area (Å²) in [5.41, 5.74) is 4.21. The van der Waals surface area contributed by atoms with Gasteiger partial charge in [-0.15, -0.1) is 0 Å². The van der Waals surface area contributed by atoms with Crippen molar-refractivity contribution in [2.45, 2.75) is 38.5 Å². The van der Waals surface area contributed by atoms with E-state index in [1.165, 1.54) is 16.8 Å². The summed E-state index contributed by atoms with van der Waals surface area (Å²) in [7, 11) is 0. The first-order valence-electron chi connectivity index (χ1n) is 8.23. The highest BCUT2D eigenvalue weighted by molar-refractivity contribution is 5.91. The Hall–Kier alpha value is -1.45. The summed E-state index contributed by atoms with van der Waals surface area (Å²) in [6, 6.07) is 10.7. The van der Waals surface area contributed by atoms with Crippen molar-refractivity contribution < 1.29 is 14.0 Å². The Morgan fingerprint density at radius 1 is 1.18 bits per heavy atom. The van der Waals surface area contributed by atoms with E-state index in [2.05, 4.69) is 48.4 Å². The minimum Gasteiger partial charge on any atom is -0.347 e. The maximum Gasteiger partial charge on any atom is 0.170 e. The van der Waals surface area contributed by atoms with Crippen molar-refractivity contribution in [1.82, 2.24) is 0 Å². The molecule has 2 aliphatic heterocycles. The maximum atomic E-state index is 5.96. The third-order valence-corrected chi connectivity index (χ3v) is 5.58. The highest BCUT2D eigenvalue weighted by Gasteiger charge is 2.57. The van der Waals surface area contributed by atoms with E-state index < -0.39 is 0 Å². The van der Waals surface area contributed by atoms with Crippen LogP contribution in [-0.4, -0.2) is 35.8 Å². The lowest BCUT2D eigenvalue weighted by Gasteiger charge is -2.39. The molecule has 4 rings (SSSR count). The zero-order chi connectivity index (χ0) is 15.2. The Morgan fingerprint density at radius 2 is 1.91 bits per heavy atom. The molecule has 1 aliphatic carbocycles. The zero-order valence-electron chi connectivity index (χ0n) is 13.3. The van der Waals surface area contributed by atoms with Crippen LogP contribution in [0.2, 0.25) is 0 Å². The molecule has 3 nitrogen and oxygen atoms in total. The third kappa shape index (κ3) is 2.15. The summed E-state index contributed by atoms with van der Waals surface area (Å²) < 4.78 is 14.4. The second-order valence-corrected chi connectivity index (χ2v) is 7.01. The van der Waals surface area contributed by atoms with Gasteiger partial charge in [0.2, 0.25) is 0 Å². The molecule has 0 amide bonds. The quantitative estimate of drug-likeness (QED) is 0.618. The number of hydrogen-bond donors (Lipinski definition) is 0. The number of fused-ring (bicyclic) bond motifs is 1. The average Bonchev–Trinajstić information content (AvgIpc) is 3.04. The monoisotopic (exact) mass is 298 g/mol. The second-order valence-electron chi connectivity index (χ2n) is 7.01. The zero-order valence-corrected chi connectivity index (χ0v) is 13.3. The van der Waals surface area contributed by atoms with E-state index in [1.54, 1.807) is 0 Å². The van der Waals surface area contributed by atoms with Gasteiger partial charge < -0.3 is 9.47 Å². The molecular weight excluding hydrogens is 274 g/mol. The molecule has 1 saturated heterocycles. The molecule has 1 atom stereocenters. The fraction of sp³-hybridized carbons (Fsp3) is 0.526. The van der Waals surface area contributed by atoms with Crippen molar-refractivity contribution in [1.29, 1.82) is 0 Å². The third-order valence-electron chi connectivity index (χ3n) is 5.58. The highest BCUT2D eigenvalue weighted by atomic mass is 16.7. The normalized spacial score (nSPS) is 30.1. The largest absolute Gasteiger partial charge is 0.347 e. The van der Waals surface area contributed by atoms with E-state index in [9.17, 15) is 0 Å². The van der Waals surface area contributed by atoms with Crippen LogP contribution >= 0.6 is 0 Å². The fourth-order valence-corrected chi connectivity index (χ4v) is 4.35. The van der Waals surface area contributed by atoms with E-state index >= 15 is 0 Å². The standard InChI is InChI=1S/C19H24NO2/c1-15-12-20(13-16-6-4-3-5-7-16)17-8-9-19(14-18(15,17)2)21-10-11-22-19/h3-7H,1,8-14H2,2H3/q+1. The SMILES string of the molecule is C=C1C[N+](Cc2ccccc2)=C2CCC3(CC12C)OCCO3. The lowest BCUT2D eigenvalue weighted by atomic mass is 9.69. The number of rotatable bonds is 2. The predicted octanol–water partition coefficient (Wildman–Crippen LogP) is 3.14. The summed E-state index contributed by atoms with van der Waals surface area (Å²) in [6.07, 6.45) is 2.93. The van der Waals surface area contributed by atoms with Gasteiger partial charge in [0.05, 0.1) is 18.6 Å².